The minimum Gasteiger partial charge on any atom is -0.437 e. The summed E-state index contributed by atoms with van der Waals surface area (Å²) in [5.41, 5.74) is 0.762. The van der Waals surface area contributed by atoms with Crippen molar-refractivity contribution < 1.29 is 9.47 Å². The summed E-state index contributed by atoms with van der Waals surface area (Å²) < 4.78 is 10.6. The van der Waals surface area contributed by atoms with Crippen LogP contribution in [0.3, 0.4) is 0 Å². The van der Waals surface area contributed by atoms with Crippen LogP contribution in [0.15, 0.2) is 18.2 Å². The van der Waals surface area contributed by atoms with Gasteiger partial charge in [0.25, 0.3) is 0 Å². The Kier molecular flexibility index (Phi) is 5.05. The molecular formula is C13H11Cl3N2O2. The fourth-order valence-electron chi connectivity index (χ4n) is 1.54. The summed E-state index contributed by atoms with van der Waals surface area (Å²) in [4.78, 5) is 8.44. The number of hydrogen-bond acceptors (Lipinski definition) is 4. The summed E-state index contributed by atoms with van der Waals surface area (Å²) in [6.45, 7) is 2.14. The molecule has 0 unspecified atom stereocenters. The molecule has 1 aromatic heterocycles. The van der Waals surface area contributed by atoms with Gasteiger partial charge in [0.05, 0.1) is 15.1 Å². The Morgan fingerprint density at radius 1 is 1.00 bits per heavy atom. The first kappa shape index (κ1) is 15.3. The topological polar surface area (TPSA) is 44.2 Å². The highest BCUT2D eigenvalue weighted by Gasteiger charge is 2.10. The number of nitrogens with zero attached hydrogens (tertiary/aromatic N) is 2. The number of benzene rings is 1. The largest absolute Gasteiger partial charge is 0.437 e. The van der Waals surface area contributed by atoms with Crippen molar-refractivity contribution >= 4 is 34.8 Å². The highest BCUT2D eigenvalue weighted by molar-refractivity contribution is 6.43. The Morgan fingerprint density at radius 2 is 1.70 bits per heavy atom. The van der Waals surface area contributed by atoms with Gasteiger partial charge < -0.3 is 9.47 Å². The van der Waals surface area contributed by atoms with E-state index < -0.39 is 0 Å². The lowest BCUT2D eigenvalue weighted by Gasteiger charge is -2.09. The zero-order valence-corrected chi connectivity index (χ0v) is 13.1. The number of aryl methyl sites for hydroxylation is 1. The molecule has 0 atom stereocenters. The second-order valence-corrected chi connectivity index (χ2v) is 5.22. The highest BCUT2D eigenvalue weighted by atomic mass is 35.5. The van der Waals surface area contributed by atoms with E-state index in [-0.39, 0.29) is 0 Å². The molecule has 0 saturated heterocycles. The quantitative estimate of drug-likeness (QED) is 0.762. The van der Waals surface area contributed by atoms with Crippen molar-refractivity contribution in [2.45, 2.75) is 13.5 Å². The number of aromatic nitrogens is 2. The zero-order valence-electron chi connectivity index (χ0n) is 10.8. The fraction of sp³-hybridized carbons (Fsp3) is 0.231. The maximum Gasteiger partial charge on any atom is 0.222 e. The van der Waals surface area contributed by atoms with Gasteiger partial charge in [0.2, 0.25) is 5.88 Å². The minimum atomic E-state index is 0.299. The standard InChI is InChI=1S/C13H11Cl3N2O2/c1-7-3-13(18-12(17-7)6-19-2)20-11-5-9(15)8(14)4-10(11)16/h3-5H,6H2,1-2H3. The van der Waals surface area contributed by atoms with Crippen LogP contribution in [0, 0.1) is 6.92 Å². The van der Waals surface area contributed by atoms with Crippen molar-refractivity contribution in [3.05, 3.63) is 44.8 Å². The molecule has 0 aliphatic rings. The number of methoxy groups -OCH3 is 1. The number of halogens is 3. The van der Waals surface area contributed by atoms with E-state index in [1.807, 2.05) is 6.92 Å². The van der Waals surface area contributed by atoms with Crippen LogP contribution in [0.4, 0.5) is 0 Å². The van der Waals surface area contributed by atoms with E-state index in [0.717, 1.165) is 5.69 Å². The molecule has 0 aliphatic heterocycles. The van der Waals surface area contributed by atoms with Crippen molar-refractivity contribution in [2.24, 2.45) is 0 Å². The summed E-state index contributed by atoms with van der Waals surface area (Å²) in [7, 11) is 1.57. The monoisotopic (exact) mass is 332 g/mol. The molecule has 20 heavy (non-hydrogen) atoms. The number of ether oxygens (including phenoxy) is 2. The maximum absolute atomic E-state index is 6.06. The molecule has 1 heterocycles. The summed E-state index contributed by atoms with van der Waals surface area (Å²) in [6, 6.07) is 4.75. The van der Waals surface area contributed by atoms with E-state index in [1.165, 1.54) is 6.07 Å². The molecule has 0 aliphatic carbocycles. The minimum absolute atomic E-state index is 0.299. The van der Waals surface area contributed by atoms with Crippen LogP contribution in [0.25, 0.3) is 0 Å². The van der Waals surface area contributed by atoms with Crippen molar-refractivity contribution in [1.29, 1.82) is 0 Å². The molecule has 0 bridgehead atoms. The van der Waals surface area contributed by atoms with Crippen LogP contribution >= 0.6 is 34.8 Å². The second-order valence-electron chi connectivity index (χ2n) is 4.00. The Morgan fingerprint density at radius 3 is 2.40 bits per heavy atom. The second kappa shape index (κ2) is 6.59. The average Bonchev–Trinajstić information content (AvgIpc) is 2.35. The first-order valence-corrected chi connectivity index (χ1v) is 6.79. The molecule has 4 nitrogen and oxygen atoms in total. The molecule has 0 spiro atoms. The van der Waals surface area contributed by atoms with E-state index in [9.17, 15) is 0 Å². The van der Waals surface area contributed by atoms with Gasteiger partial charge >= 0.3 is 0 Å². The summed E-state index contributed by atoms with van der Waals surface area (Å²) in [5.74, 6) is 1.27. The number of rotatable bonds is 4. The Bertz CT molecular complexity index is 635. The van der Waals surface area contributed by atoms with Crippen LogP contribution < -0.4 is 4.74 Å². The van der Waals surface area contributed by atoms with E-state index in [4.69, 9.17) is 44.3 Å². The zero-order chi connectivity index (χ0) is 14.7. The van der Waals surface area contributed by atoms with Crippen LogP contribution in [0.2, 0.25) is 15.1 Å². The van der Waals surface area contributed by atoms with Gasteiger partial charge in [0.15, 0.2) is 5.82 Å². The van der Waals surface area contributed by atoms with Crippen molar-refractivity contribution in [1.82, 2.24) is 9.97 Å². The lowest BCUT2D eigenvalue weighted by atomic mass is 10.3. The molecule has 106 valence electrons. The molecule has 0 amide bonds. The average molecular weight is 334 g/mol. The third kappa shape index (κ3) is 3.73. The van der Waals surface area contributed by atoms with Crippen molar-refractivity contribution in [3.8, 4) is 11.6 Å². The third-order valence-electron chi connectivity index (χ3n) is 2.34. The summed E-state index contributed by atoms with van der Waals surface area (Å²) in [5, 5.41) is 1.07. The van der Waals surface area contributed by atoms with Crippen molar-refractivity contribution in [2.75, 3.05) is 7.11 Å². The van der Waals surface area contributed by atoms with Crippen LogP contribution in [0.5, 0.6) is 11.6 Å². The van der Waals surface area contributed by atoms with Gasteiger partial charge in [-0.25, -0.2) is 4.98 Å². The fourth-order valence-corrected chi connectivity index (χ4v) is 2.12. The van der Waals surface area contributed by atoms with Gasteiger partial charge in [-0.15, -0.1) is 0 Å². The van der Waals surface area contributed by atoms with Gasteiger partial charge in [-0.1, -0.05) is 34.8 Å². The smallest absolute Gasteiger partial charge is 0.222 e. The summed E-state index contributed by atoms with van der Waals surface area (Å²) in [6.07, 6.45) is 0. The highest BCUT2D eigenvalue weighted by Crippen LogP contribution is 2.35. The Hall–Kier alpha value is -1.07. The molecular weight excluding hydrogens is 323 g/mol. The van der Waals surface area contributed by atoms with Crippen LogP contribution in [0.1, 0.15) is 11.5 Å². The van der Waals surface area contributed by atoms with Crippen LogP contribution in [-0.2, 0) is 11.3 Å². The molecule has 1 aromatic carbocycles. The Labute approximate surface area is 131 Å². The SMILES string of the molecule is COCc1nc(C)cc(Oc2cc(Cl)c(Cl)cc2Cl)n1. The predicted octanol–water partition coefficient (Wildman–Crippen LogP) is 4.68. The maximum atomic E-state index is 6.06. The van der Waals surface area contributed by atoms with Gasteiger partial charge in [-0.3, -0.25) is 0 Å². The molecule has 2 rings (SSSR count). The van der Waals surface area contributed by atoms with Crippen LogP contribution in [-0.4, -0.2) is 17.1 Å². The first-order chi connectivity index (χ1) is 9.49. The normalized spacial score (nSPS) is 10.7. The molecule has 0 saturated carbocycles. The van der Waals surface area contributed by atoms with Gasteiger partial charge in [0, 0.05) is 24.9 Å². The van der Waals surface area contributed by atoms with E-state index in [1.54, 1.807) is 19.2 Å². The van der Waals surface area contributed by atoms with Gasteiger partial charge in [0.1, 0.15) is 12.4 Å². The molecule has 0 fully saturated rings. The third-order valence-corrected chi connectivity index (χ3v) is 3.36. The number of hydrogen-bond donors (Lipinski definition) is 0. The van der Waals surface area contributed by atoms with Gasteiger partial charge in [-0.05, 0) is 13.0 Å². The lowest BCUT2D eigenvalue weighted by Crippen LogP contribution is -2.00. The Balaban J connectivity index is 2.32. The first-order valence-electron chi connectivity index (χ1n) is 5.65. The van der Waals surface area contributed by atoms with E-state index in [2.05, 4.69) is 9.97 Å². The van der Waals surface area contributed by atoms with Crippen molar-refractivity contribution in [3.63, 3.8) is 0 Å². The predicted molar refractivity (Wildman–Crippen MR) is 79.0 cm³/mol. The molecule has 7 heteroatoms. The lowest BCUT2D eigenvalue weighted by molar-refractivity contribution is 0.177. The molecule has 0 N–H and O–H groups in total. The van der Waals surface area contributed by atoms with Gasteiger partial charge in [-0.2, -0.15) is 4.98 Å². The molecule has 0 radical (unpaired) electrons. The van der Waals surface area contributed by atoms with E-state index >= 15 is 0 Å². The summed E-state index contributed by atoms with van der Waals surface area (Å²) >= 11 is 17.9. The van der Waals surface area contributed by atoms with E-state index in [0.29, 0.717) is 39.1 Å². The molecule has 2 aromatic rings.